The van der Waals surface area contributed by atoms with Crippen LogP contribution in [0.15, 0.2) is 102 Å². The first-order valence-electron chi connectivity index (χ1n) is 15.1. The molecule has 1 aliphatic rings. The van der Waals surface area contributed by atoms with Gasteiger partial charge in [0.2, 0.25) is 5.91 Å². The third-order valence-electron chi connectivity index (χ3n) is 8.87. The molecule has 1 atom stereocenters. The average molecular weight is 669 g/mol. The van der Waals surface area contributed by atoms with E-state index in [1.807, 2.05) is 30.3 Å². The molecule has 1 aromatic heterocycles. The van der Waals surface area contributed by atoms with Gasteiger partial charge < -0.3 is 25.0 Å². The number of anilines is 1. The van der Waals surface area contributed by atoms with E-state index in [0.29, 0.717) is 47.4 Å². The molecule has 10 nitrogen and oxygen atoms in total. The number of H-pyrrole nitrogens is 1. The van der Waals surface area contributed by atoms with Crippen LogP contribution in [0.5, 0.6) is 0 Å². The minimum atomic E-state index is -5.01. The molecule has 2 amide bonds. The minimum absolute atomic E-state index is 0.153. The van der Waals surface area contributed by atoms with Gasteiger partial charge in [-0.1, -0.05) is 78.3 Å². The predicted octanol–water partition coefficient (Wildman–Crippen LogP) is 6.62. The number of carbonyl (C=O) groups excluding carboxylic acids is 2. The van der Waals surface area contributed by atoms with Crippen LogP contribution in [0, 0.1) is 0 Å². The van der Waals surface area contributed by atoms with Crippen LogP contribution < -0.4 is 11.0 Å². The largest absolute Gasteiger partial charge is 0.342 e. The molecule has 238 valence electrons. The Hall–Kier alpha value is -4.73. The number of amides is 2. The summed E-state index contributed by atoms with van der Waals surface area (Å²) >= 11 is 6.21. The van der Waals surface area contributed by atoms with Gasteiger partial charge in [0.15, 0.2) is 5.66 Å². The van der Waals surface area contributed by atoms with Crippen molar-refractivity contribution >= 4 is 69.3 Å². The van der Waals surface area contributed by atoms with E-state index in [-0.39, 0.29) is 34.5 Å². The Morgan fingerprint density at radius 1 is 0.872 bits per heavy atom. The lowest BCUT2D eigenvalue weighted by molar-refractivity contribution is -0.116. The van der Waals surface area contributed by atoms with E-state index in [1.165, 1.54) is 6.07 Å². The van der Waals surface area contributed by atoms with Crippen molar-refractivity contribution in [2.45, 2.75) is 24.5 Å². The van der Waals surface area contributed by atoms with E-state index in [0.717, 1.165) is 16.2 Å². The molecule has 1 fully saturated rings. The molecule has 0 spiro atoms. The average Bonchev–Trinajstić information content (AvgIpc) is 3.38. The maximum atomic E-state index is 14.1. The van der Waals surface area contributed by atoms with E-state index in [1.54, 1.807) is 70.1 Å². The number of carbonyl (C=O) groups is 2. The molecule has 47 heavy (non-hydrogen) atoms. The first-order valence-corrected chi connectivity index (χ1v) is 17.2. The number of fused-ring (bicyclic) bond motifs is 3. The van der Waals surface area contributed by atoms with Crippen molar-refractivity contribution in [3.8, 4) is 0 Å². The number of hydrogen-bond donors (Lipinski definition) is 4. The molecule has 4 N–H and O–H groups in total. The molecule has 5 aromatic carbocycles. The van der Waals surface area contributed by atoms with Crippen LogP contribution in [-0.4, -0.2) is 49.1 Å². The molecule has 0 radical (unpaired) electrons. The molecule has 1 saturated heterocycles. The fraction of sp³-hybridized carbons (Fsp3) is 0.171. The van der Waals surface area contributed by atoms with Crippen molar-refractivity contribution < 1.29 is 23.9 Å². The van der Waals surface area contributed by atoms with Gasteiger partial charge in [0, 0.05) is 24.2 Å². The SMILES string of the molecule is O=C(Nc1cc2ccccc2cc1C(=O)N1CCC(n2c(=O)[nH]c3ccc(Cl)cc32)CC1)C(c1cccc2ccccc12)P(=O)(O)O. The molecule has 0 saturated carbocycles. The lowest BCUT2D eigenvalue weighted by atomic mass is 9.99. The number of nitrogens with zero attached hydrogens (tertiary/aromatic N) is 2. The van der Waals surface area contributed by atoms with E-state index < -0.39 is 19.2 Å². The molecule has 0 aliphatic carbocycles. The standard InChI is InChI=1S/C35H30ClN4O6P/c36-24-12-13-29-31(20-24)40(35(43)38-29)25-14-16-39(17-15-25)34(42)28-18-22-7-1-2-8-23(22)19-30(28)37-33(41)32(47(44,45)46)27-11-5-9-21-6-3-4-10-26(21)27/h1-13,18-20,25,32H,14-17H2,(H,37,41)(H,38,43)(H2,44,45,46). The number of piperidine rings is 1. The summed E-state index contributed by atoms with van der Waals surface area (Å²) in [6.07, 6.45) is 1.03. The number of aromatic amines is 1. The Balaban J connectivity index is 1.20. The summed E-state index contributed by atoms with van der Waals surface area (Å²) in [5.41, 5.74) is -0.0993. The van der Waals surface area contributed by atoms with Crippen LogP contribution >= 0.6 is 19.2 Å². The number of halogens is 1. The quantitative estimate of drug-likeness (QED) is 0.147. The first-order chi connectivity index (χ1) is 22.6. The number of nitrogens with one attached hydrogen (secondary N) is 2. The summed E-state index contributed by atoms with van der Waals surface area (Å²) in [6.45, 7) is 0.703. The molecular formula is C35H30ClN4O6P. The van der Waals surface area contributed by atoms with Crippen molar-refractivity contribution in [1.29, 1.82) is 0 Å². The zero-order valence-corrected chi connectivity index (χ0v) is 26.6. The minimum Gasteiger partial charge on any atom is -0.338 e. The summed E-state index contributed by atoms with van der Waals surface area (Å²) in [6, 6.07) is 27.9. The highest BCUT2D eigenvalue weighted by atomic mass is 35.5. The second-order valence-corrected chi connectivity index (χ2v) is 13.9. The molecule has 0 bridgehead atoms. The molecule has 6 aromatic rings. The zero-order chi connectivity index (χ0) is 32.9. The van der Waals surface area contributed by atoms with Gasteiger partial charge in [-0.15, -0.1) is 0 Å². The fourth-order valence-corrected chi connectivity index (χ4v) is 7.76. The van der Waals surface area contributed by atoms with E-state index in [4.69, 9.17) is 11.6 Å². The van der Waals surface area contributed by atoms with Crippen LogP contribution in [-0.2, 0) is 9.36 Å². The zero-order valence-electron chi connectivity index (χ0n) is 25.0. The van der Waals surface area contributed by atoms with Crippen molar-refractivity contribution in [2.24, 2.45) is 0 Å². The number of likely N-dealkylation sites (tertiary alicyclic amines) is 1. The van der Waals surface area contributed by atoms with Crippen LogP contribution in [0.4, 0.5) is 5.69 Å². The highest BCUT2D eigenvalue weighted by Gasteiger charge is 2.39. The number of rotatable bonds is 6. The lowest BCUT2D eigenvalue weighted by Gasteiger charge is -2.33. The summed E-state index contributed by atoms with van der Waals surface area (Å²) in [7, 11) is -5.01. The third-order valence-corrected chi connectivity index (χ3v) is 10.3. The molecule has 7 rings (SSSR count). The first kappa shape index (κ1) is 30.9. The normalized spacial score (nSPS) is 14.9. The number of imidazole rings is 1. The monoisotopic (exact) mass is 668 g/mol. The molecule has 12 heteroatoms. The van der Waals surface area contributed by atoms with Crippen molar-refractivity contribution in [1.82, 2.24) is 14.5 Å². The Bertz CT molecular complexity index is 2300. The Morgan fingerprint density at radius 2 is 1.53 bits per heavy atom. The van der Waals surface area contributed by atoms with Gasteiger partial charge >= 0.3 is 13.3 Å². The summed E-state index contributed by atoms with van der Waals surface area (Å²) < 4.78 is 14.6. The fourth-order valence-electron chi connectivity index (χ4n) is 6.64. The van der Waals surface area contributed by atoms with Crippen molar-refractivity contribution in [3.63, 3.8) is 0 Å². The highest BCUT2D eigenvalue weighted by Crippen LogP contribution is 2.53. The summed E-state index contributed by atoms with van der Waals surface area (Å²) in [5.74, 6) is -1.26. The molecule has 1 aliphatic heterocycles. The number of aromatic nitrogens is 2. The predicted molar refractivity (Wildman–Crippen MR) is 183 cm³/mol. The Kier molecular flexibility index (Phi) is 7.98. The van der Waals surface area contributed by atoms with Gasteiger partial charge in [0.1, 0.15) is 0 Å². The van der Waals surface area contributed by atoms with Gasteiger partial charge in [-0.05, 0) is 70.3 Å². The van der Waals surface area contributed by atoms with Crippen molar-refractivity contribution in [3.05, 3.63) is 124 Å². The van der Waals surface area contributed by atoms with Gasteiger partial charge in [-0.2, -0.15) is 0 Å². The van der Waals surface area contributed by atoms with E-state index in [9.17, 15) is 28.7 Å². The second kappa shape index (κ2) is 12.1. The summed E-state index contributed by atoms with van der Waals surface area (Å²) in [4.78, 5) is 66.2. The van der Waals surface area contributed by atoms with Crippen LogP contribution in [0.25, 0.3) is 32.6 Å². The van der Waals surface area contributed by atoms with Gasteiger partial charge in [-0.25, -0.2) is 4.79 Å². The second-order valence-electron chi connectivity index (χ2n) is 11.8. The number of benzene rings is 5. The van der Waals surface area contributed by atoms with Crippen molar-refractivity contribution in [2.75, 3.05) is 18.4 Å². The third kappa shape index (κ3) is 5.85. The smallest absolute Gasteiger partial charge is 0.338 e. The van der Waals surface area contributed by atoms with E-state index in [2.05, 4.69) is 10.3 Å². The lowest BCUT2D eigenvalue weighted by Crippen LogP contribution is -2.40. The molecule has 2 heterocycles. The molecular weight excluding hydrogens is 639 g/mol. The molecule has 1 unspecified atom stereocenters. The maximum Gasteiger partial charge on any atom is 0.342 e. The summed E-state index contributed by atoms with van der Waals surface area (Å²) in [5, 5.41) is 6.03. The van der Waals surface area contributed by atoms with Crippen LogP contribution in [0.3, 0.4) is 0 Å². The van der Waals surface area contributed by atoms with Crippen LogP contribution in [0.1, 0.15) is 40.5 Å². The van der Waals surface area contributed by atoms with Gasteiger partial charge in [0.25, 0.3) is 5.91 Å². The maximum absolute atomic E-state index is 14.1. The Labute approximate surface area is 273 Å². The van der Waals surface area contributed by atoms with E-state index >= 15 is 0 Å². The number of hydrogen-bond acceptors (Lipinski definition) is 4. The topological polar surface area (TPSA) is 145 Å². The van der Waals surface area contributed by atoms with Gasteiger partial charge in [-0.3, -0.25) is 18.7 Å². The highest BCUT2D eigenvalue weighted by molar-refractivity contribution is 7.53. The Morgan fingerprint density at radius 3 is 2.26 bits per heavy atom. The van der Waals surface area contributed by atoms with Gasteiger partial charge in [0.05, 0.1) is 22.3 Å². The van der Waals surface area contributed by atoms with Crippen LogP contribution in [0.2, 0.25) is 5.02 Å².